The fraction of sp³-hybridized carbons (Fsp3) is 0.611. The first-order valence-corrected chi connectivity index (χ1v) is 7.60. The van der Waals surface area contributed by atoms with Crippen molar-refractivity contribution in [3.05, 3.63) is 35.4 Å². The summed E-state index contributed by atoms with van der Waals surface area (Å²) in [4.78, 5) is 12.4. The summed E-state index contributed by atoms with van der Waals surface area (Å²) in [5.41, 5.74) is 2.11. The Balaban J connectivity index is 1.80. The smallest absolute Gasteiger partial charge is 0.338 e. The summed E-state index contributed by atoms with van der Waals surface area (Å²) < 4.78 is 5.95. The number of ether oxygens (including phenoxy) is 1. The van der Waals surface area contributed by atoms with Crippen molar-refractivity contribution in [2.45, 2.75) is 53.1 Å². The zero-order valence-electron chi connectivity index (χ0n) is 12.9. The summed E-state index contributed by atoms with van der Waals surface area (Å²) in [6.07, 6.45) is 3.71. The van der Waals surface area contributed by atoms with Gasteiger partial charge in [-0.2, -0.15) is 0 Å². The third-order valence-electron chi connectivity index (χ3n) is 5.65. The summed E-state index contributed by atoms with van der Waals surface area (Å²) in [6.45, 7) is 8.83. The molecule has 3 rings (SSSR count). The van der Waals surface area contributed by atoms with Gasteiger partial charge in [-0.3, -0.25) is 0 Å². The molecule has 0 spiro atoms. The summed E-state index contributed by atoms with van der Waals surface area (Å²) >= 11 is 0. The topological polar surface area (TPSA) is 26.3 Å². The number of rotatable bonds is 2. The predicted octanol–water partition coefficient (Wildman–Crippen LogP) is 4.37. The molecule has 2 nitrogen and oxygen atoms in total. The van der Waals surface area contributed by atoms with Gasteiger partial charge in [0.1, 0.15) is 6.10 Å². The van der Waals surface area contributed by atoms with E-state index in [1.807, 2.05) is 31.2 Å². The maximum Gasteiger partial charge on any atom is 0.338 e. The number of benzene rings is 1. The van der Waals surface area contributed by atoms with Crippen LogP contribution in [0.4, 0.5) is 0 Å². The van der Waals surface area contributed by atoms with Crippen LogP contribution in [-0.4, -0.2) is 12.1 Å². The Bertz CT molecular complexity index is 524. The molecule has 2 aliphatic rings. The molecule has 0 saturated heterocycles. The Labute approximate surface area is 121 Å². The van der Waals surface area contributed by atoms with E-state index in [2.05, 4.69) is 20.8 Å². The third-order valence-corrected chi connectivity index (χ3v) is 5.65. The van der Waals surface area contributed by atoms with Gasteiger partial charge in [0.05, 0.1) is 5.56 Å². The van der Waals surface area contributed by atoms with Gasteiger partial charge in [0.25, 0.3) is 0 Å². The van der Waals surface area contributed by atoms with Gasteiger partial charge in [-0.1, -0.05) is 38.5 Å². The summed E-state index contributed by atoms with van der Waals surface area (Å²) in [5.74, 6) is 0.528. The molecule has 0 radical (unpaired) electrons. The van der Waals surface area contributed by atoms with Crippen LogP contribution in [0.5, 0.6) is 0 Å². The molecule has 0 amide bonds. The van der Waals surface area contributed by atoms with E-state index in [1.165, 1.54) is 19.3 Å². The molecule has 2 aliphatic carbocycles. The normalized spacial score (nSPS) is 34.2. The van der Waals surface area contributed by atoms with Crippen LogP contribution in [0, 0.1) is 23.7 Å². The highest BCUT2D eigenvalue weighted by molar-refractivity contribution is 5.89. The Morgan fingerprint density at radius 3 is 2.40 bits per heavy atom. The van der Waals surface area contributed by atoms with Crippen LogP contribution in [0.25, 0.3) is 0 Å². The molecule has 0 N–H and O–H groups in total. The second kappa shape index (κ2) is 4.34. The van der Waals surface area contributed by atoms with Crippen molar-refractivity contribution in [2.24, 2.45) is 16.7 Å². The summed E-state index contributed by atoms with van der Waals surface area (Å²) in [5, 5.41) is 0. The first-order chi connectivity index (χ1) is 9.33. The van der Waals surface area contributed by atoms with Gasteiger partial charge < -0.3 is 4.74 Å². The molecule has 3 atom stereocenters. The lowest BCUT2D eigenvalue weighted by Gasteiger charge is -2.41. The van der Waals surface area contributed by atoms with Crippen LogP contribution in [0.1, 0.15) is 56.0 Å². The molecular weight excluding hydrogens is 248 g/mol. The van der Waals surface area contributed by atoms with Crippen LogP contribution in [0.3, 0.4) is 0 Å². The molecule has 2 fully saturated rings. The van der Waals surface area contributed by atoms with E-state index in [-0.39, 0.29) is 22.9 Å². The van der Waals surface area contributed by atoms with E-state index in [0.717, 1.165) is 5.56 Å². The molecule has 108 valence electrons. The van der Waals surface area contributed by atoms with Crippen molar-refractivity contribution < 1.29 is 9.53 Å². The highest BCUT2D eigenvalue weighted by atomic mass is 16.5. The largest absolute Gasteiger partial charge is 0.458 e. The number of fused-ring (bicyclic) bond motifs is 2. The number of hydrogen-bond donors (Lipinski definition) is 0. The average Bonchev–Trinajstić information content (AvgIpc) is 2.86. The molecular formula is C18H24O2. The molecule has 2 bridgehead atoms. The molecule has 1 aromatic rings. The van der Waals surface area contributed by atoms with Gasteiger partial charge in [-0.15, -0.1) is 0 Å². The predicted molar refractivity (Wildman–Crippen MR) is 79.6 cm³/mol. The first kappa shape index (κ1) is 13.7. The zero-order chi connectivity index (χ0) is 14.5. The van der Waals surface area contributed by atoms with Gasteiger partial charge in [0.2, 0.25) is 0 Å². The molecule has 0 heterocycles. The van der Waals surface area contributed by atoms with Crippen molar-refractivity contribution in [1.29, 1.82) is 0 Å². The molecule has 0 unspecified atom stereocenters. The highest BCUT2D eigenvalue weighted by Crippen LogP contribution is 2.63. The molecule has 0 aliphatic heterocycles. The van der Waals surface area contributed by atoms with Crippen molar-refractivity contribution in [2.75, 3.05) is 0 Å². The lowest BCUT2D eigenvalue weighted by Crippen LogP contribution is -2.43. The fourth-order valence-corrected chi connectivity index (χ4v) is 4.42. The second-order valence-corrected chi connectivity index (χ2v) is 7.57. The molecule has 2 heteroatoms. The number of carbonyl (C=O) groups is 1. The van der Waals surface area contributed by atoms with Gasteiger partial charge >= 0.3 is 5.97 Å². The van der Waals surface area contributed by atoms with E-state index in [9.17, 15) is 4.79 Å². The minimum absolute atomic E-state index is 0.0440. The van der Waals surface area contributed by atoms with E-state index in [0.29, 0.717) is 11.5 Å². The minimum atomic E-state index is -0.170. The molecule has 2 saturated carbocycles. The first-order valence-electron chi connectivity index (χ1n) is 7.60. The van der Waals surface area contributed by atoms with Gasteiger partial charge in [-0.25, -0.2) is 4.79 Å². The van der Waals surface area contributed by atoms with Crippen molar-refractivity contribution >= 4 is 5.97 Å². The third kappa shape index (κ3) is 1.97. The second-order valence-electron chi connectivity index (χ2n) is 7.57. The quantitative estimate of drug-likeness (QED) is 0.747. The van der Waals surface area contributed by atoms with E-state index >= 15 is 0 Å². The maximum atomic E-state index is 12.4. The van der Waals surface area contributed by atoms with Crippen LogP contribution in [-0.2, 0) is 4.74 Å². The van der Waals surface area contributed by atoms with Gasteiger partial charge in [0.15, 0.2) is 0 Å². The lowest BCUT2D eigenvalue weighted by atomic mass is 9.70. The van der Waals surface area contributed by atoms with E-state index < -0.39 is 0 Å². The molecule has 1 aromatic carbocycles. The van der Waals surface area contributed by atoms with Crippen LogP contribution in [0.15, 0.2) is 24.3 Å². The highest BCUT2D eigenvalue weighted by Gasteiger charge is 2.61. The van der Waals surface area contributed by atoms with Crippen molar-refractivity contribution in [3.63, 3.8) is 0 Å². The standard InChI is InChI=1S/C18H24O2/c1-12-5-7-13(8-6-12)15(19)20-16-17(2,3)14-9-10-18(16,4)11-14/h5-8,14,16H,9-11H2,1-4H3/t14-,16-,18-/m1/s1. The Hall–Kier alpha value is -1.31. The number of esters is 1. The fourth-order valence-electron chi connectivity index (χ4n) is 4.42. The Morgan fingerprint density at radius 2 is 1.85 bits per heavy atom. The zero-order valence-corrected chi connectivity index (χ0v) is 12.9. The van der Waals surface area contributed by atoms with Gasteiger partial charge in [-0.05, 0) is 44.2 Å². The van der Waals surface area contributed by atoms with E-state index in [4.69, 9.17) is 4.74 Å². The molecule has 0 aromatic heterocycles. The Morgan fingerprint density at radius 1 is 1.20 bits per heavy atom. The van der Waals surface area contributed by atoms with Crippen LogP contribution in [0.2, 0.25) is 0 Å². The maximum absolute atomic E-state index is 12.4. The number of hydrogen-bond acceptors (Lipinski definition) is 2. The molecule has 20 heavy (non-hydrogen) atoms. The van der Waals surface area contributed by atoms with E-state index in [1.54, 1.807) is 0 Å². The summed E-state index contributed by atoms with van der Waals surface area (Å²) in [6, 6.07) is 7.65. The van der Waals surface area contributed by atoms with Gasteiger partial charge in [0, 0.05) is 10.8 Å². The van der Waals surface area contributed by atoms with Crippen LogP contribution < -0.4 is 0 Å². The minimum Gasteiger partial charge on any atom is -0.458 e. The Kier molecular flexibility index (Phi) is 2.97. The van der Waals surface area contributed by atoms with Crippen molar-refractivity contribution in [3.8, 4) is 0 Å². The SMILES string of the molecule is Cc1ccc(C(=O)O[C@@H]2C(C)(C)[C@@H]3CC[C@]2(C)C3)cc1. The van der Waals surface area contributed by atoms with Crippen molar-refractivity contribution in [1.82, 2.24) is 0 Å². The summed E-state index contributed by atoms with van der Waals surface area (Å²) in [7, 11) is 0. The monoisotopic (exact) mass is 272 g/mol. The lowest BCUT2D eigenvalue weighted by molar-refractivity contribution is -0.0584. The van der Waals surface area contributed by atoms with Crippen LogP contribution >= 0.6 is 0 Å². The average molecular weight is 272 g/mol. The number of aryl methyl sites for hydroxylation is 1. The number of carbonyl (C=O) groups excluding carboxylic acids is 1.